The molecule has 6 nitrogen and oxygen atoms in total. The number of unbranched alkanes of at least 4 members (excludes halogenated alkanes) is 1. The van der Waals surface area contributed by atoms with Gasteiger partial charge in [-0.25, -0.2) is 4.98 Å². The van der Waals surface area contributed by atoms with Crippen molar-refractivity contribution in [2.24, 2.45) is 0 Å². The predicted octanol–water partition coefficient (Wildman–Crippen LogP) is 5.99. The number of methoxy groups -OCH3 is 1. The molecule has 5 rings (SSSR count). The highest BCUT2D eigenvalue weighted by molar-refractivity contribution is 5.97. The number of hydrogen-bond donors (Lipinski definition) is 0. The van der Waals surface area contributed by atoms with Crippen LogP contribution < -0.4 is 14.4 Å². The van der Waals surface area contributed by atoms with Crippen molar-refractivity contribution in [1.82, 2.24) is 9.55 Å². The lowest BCUT2D eigenvalue weighted by Gasteiger charge is -2.20. The Labute approximate surface area is 212 Å². The normalized spacial score (nSPS) is 15.6. The first-order valence-electron chi connectivity index (χ1n) is 12.8. The van der Waals surface area contributed by atoms with Crippen LogP contribution in [0.4, 0.5) is 5.69 Å². The molecule has 0 N–H and O–H groups in total. The molecule has 0 radical (unpaired) electrons. The molecule has 3 aromatic carbocycles. The van der Waals surface area contributed by atoms with E-state index >= 15 is 0 Å². The minimum atomic E-state index is 0.0691. The number of benzene rings is 3. The second-order valence-corrected chi connectivity index (χ2v) is 9.20. The minimum absolute atomic E-state index is 0.0691. The van der Waals surface area contributed by atoms with E-state index in [1.807, 2.05) is 47.4 Å². The average Bonchev–Trinajstić information content (AvgIpc) is 3.49. The molecule has 0 unspecified atom stereocenters. The topological polar surface area (TPSA) is 56.6 Å². The van der Waals surface area contributed by atoms with Crippen LogP contribution in [0.25, 0.3) is 11.0 Å². The zero-order chi connectivity index (χ0) is 24.9. The second-order valence-electron chi connectivity index (χ2n) is 9.20. The molecular formula is C30H33N3O3. The minimum Gasteiger partial charge on any atom is -0.493 e. The maximum absolute atomic E-state index is 13.1. The molecule has 2 heterocycles. The first-order valence-corrected chi connectivity index (χ1v) is 12.8. The lowest BCUT2D eigenvalue weighted by atomic mass is 10.1. The quantitative estimate of drug-likeness (QED) is 0.260. The fourth-order valence-electron chi connectivity index (χ4n) is 5.12. The van der Waals surface area contributed by atoms with Crippen LogP contribution in [0, 0.1) is 0 Å². The molecular weight excluding hydrogens is 450 g/mol. The van der Waals surface area contributed by atoms with Crippen molar-refractivity contribution < 1.29 is 14.3 Å². The van der Waals surface area contributed by atoms with Crippen molar-refractivity contribution in [2.45, 2.75) is 45.1 Å². The van der Waals surface area contributed by atoms with E-state index in [1.165, 1.54) is 5.56 Å². The monoisotopic (exact) mass is 483 g/mol. The molecule has 1 amide bonds. The van der Waals surface area contributed by atoms with E-state index in [0.29, 0.717) is 19.6 Å². The first-order chi connectivity index (χ1) is 17.7. The zero-order valence-corrected chi connectivity index (χ0v) is 21.0. The number of amides is 1. The molecule has 1 aliphatic heterocycles. The van der Waals surface area contributed by atoms with Crippen LogP contribution in [0.3, 0.4) is 0 Å². The van der Waals surface area contributed by atoms with Gasteiger partial charge in [0.15, 0.2) is 11.5 Å². The van der Waals surface area contributed by atoms with Crippen LogP contribution in [0.5, 0.6) is 11.5 Å². The van der Waals surface area contributed by atoms with Gasteiger partial charge in [0.1, 0.15) is 5.82 Å². The van der Waals surface area contributed by atoms with Crippen LogP contribution in [0.2, 0.25) is 0 Å². The van der Waals surface area contributed by atoms with E-state index in [1.54, 1.807) is 7.11 Å². The average molecular weight is 484 g/mol. The van der Waals surface area contributed by atoms with Crippen molar-refractivity contribution in [3.63, 3.8) is 0 Å². The number of para-hydroxylation sites is 5. The highest BCUT2D eigenvalue weighted by atomic mass is 16.5. The van der Waals surface area contributed by atoms with Gasteiger partial charge in [0.25, 0.3) is 0 Å². The van der Waals surface area contributed by atoms with Crippen LogP contribution in [-0.2, 0) is 17.8 Å². The third-order valence-electron chi connectivity index (χ3n) is 6.94. The molecule has 1 fully saturated rings. The zero-order valence-electron chi connectivity index (χ0n) is 21.0. The number of anilines is 1. The van der Waals surface area contributed by atoms with Crippen molar-refractivity contribution in [3.05, 3.63) is 84.2 Å². The lowest BCUT2D eigenvalue weighted by molar-refractivity contribution is -0.117. The van der Waals surface area contributed by atoms with Gasteiger partial charge in [0.05, 0.1) is 24.8 Å². The number of carbonyl (C=O) groups is 1. The number of hydrogen-bond acceptors (Lipinski definition) is 4. The standard InChI is InChI=1S/C30H33N3O3/c1-3-22-12-4-6-14-25(22)33-21-23(20-29(33)34)30-31-24-13-5-7-15-26(24)32(30)18-10-11-19-36-28-17-9-8-16-27(28)35-2/h4-9,12-17,23H,3,10-11,18-21H2,1-2H3/t23-/m0/s1. The first kappa shape index (κ1) is 23.9. The SMILES string of the molecule is CCc1ccccc1N1C[C@@H](c2nc3ccccc3n2CCCCOc2ccccc2OC)CC1=O. The molecule has 0 aliphatic carbocycles. The maximum atomic E-state index is 13.1. The van der Waals surface area contributed by atoms with Gasteiger partial charge in [0.2, 0.25) is 5.91 Å². The van der Waals surface area contributed by atoms with Gasteiger partial charge in [0, 0.05) is 31.1 Å². The van der Waals surface area contributed by atoms with Crippen molar-refractivity contribution in [2.75, 3.05) is 25.2 Å². The van der Waals surface area contributed by atoms with Gasteiger partial charge in [-0.05, 0) is 55.2 Å². The summed E-state index contributed by atoms with van der Waals surface area (Å²) in [5, 5.41) is 0. The number of carbonyl (C=O) groups excluding carboxylic acids is 1. The fraction of sp³-hybridized carbons (Fsp3) is 0.333. The summed E-state index contributed by atoms with van der Waals surface area (Å²) in [7, 11) is 1.66. The Bertz CT molecular complexity index is 1350. The number of imidazole rings is 1. The van der Waals surface area contributed by atoms with Crippen LogP contribution in [0.1, 0.15) is 43.5 Å². The Morgan fingerprint density at radius 2 is 1.69 bits per heavy atom. The Morgan fingerprint density at radius 3 is 2.53 bits per heavy atom. The van der Waals surface area contributed by atoms with E-state index in [0.717, 1.165) is 59.9 Å². The Balaban J connectivity index is 1.30. The summed E-state index contributed by atoms with van der Waals surface area (Å²) in [4.78, 5) is 20.1. The molecule has 36 heavy (non-hydrogen) atoms. The molecule has 4 aromatic rings. The summed E-state index contributed by atoms with van der Waals surface area (Å²) >= 11 is 0. The third-order valence-corrected chi connectivity index (χ3v) is 6.94. The lowest BCUT2D eigenvalue weighted by Crippen LogP contribution is -2.25. The van der Waals surface area contributed by atoms with Crippen molar-refractivity contribution in [3.8, 4) is 11.5 Å². The highest BCUT2D eigenvalue weighted by Gasteiger charge is 2.35. The van der Waals surface area contributed by atoms with Gasteiger partial charge in [-0.15, -0.1) is 0 Å². The molecule has 1 aromatic heterocycles. The largest absolute Gasteiger partial charge is 0.493 e. The van der Waals surface area contributed by atoms with Gasteiger partial charge < -0.3 is 18.9 Å². The summed E-state index contributed by atoms with van der Waals surface area (Å²) in [5.74, 6) is 2.77. The molecule has 0 saturated carbocycles. The summed E-state index contributed by atoms with van der Waals surface area (Å²) in [6, 6.07) is 24.2. The molecule has 6 heteroatoms. The van der Waals surface area contributed by atoms with Crippen molar-refractivity contribution >= 4 is 22.6 Å². The number of nitrogens with zero attached hydrogens (tertiary/aromatic N) is 3. The second kappa shape index (κ2) is 10.9. The molecule has 1 aliphatic rings. The number of aryl methyl sites for hydroxylation is 2. The predicted molar refractivity (Wildman–Crippen MR) is 143 cm³/mol. The van der Waals surface area contributed by atoms with E-state index in [4.69, 9.17) is 14.5 Å². The number of aromatic nitrogens is 2. The summed E-state index contributed by atoms with van der Waals surface area (Å²) in [6.07, 6.45) is 3.24. The van der Waals surface area contributed by atoms with Crippen LogP contribution >= 0.6 is 0 Å². The number of fused-ring (bicyclic) bond motifs is 1. The van der Waals surface area contributed by atoms with Gasteiger partial charge in [-0.3, -0.25) is 4.79 Å². The Morgan fingerprint density at radius 1 is 0.944 bits per heavy atom. The Hall–Kier alpha value is -3.80. The summed E-state index contributed by atoms with van der Waals surface area (Å²) < 4.78 is 13.7. The van der Waals surface area contributed by atoms with Crippen LogP contribution in [-0.4, -0.2) is 35.7 Å². The molecule has 1 atom stereocenters. The molecule has 1 saturated heterocycles. The van der Waals surface area contributed by atoms with Gasteiger partial charge in [-0.1, -0.05) is 49.4 Å². The summed E-state index contributed by atoms with van der Waals surface area (Å²) in [5.41, 5.74) is 4.34. The van der Waals surface area contributed by atoms with E-state index in [9.17, 15) is 4.79 Å². The van der Waals surface area contributed by atoms with E-state index in [2.05, 4.69) is 41.8 Å². The number of ether oxygens (including phenoxy) is 2. The maximum Gasteiger partial charge on any atom is 0.227 e. The molecule has 0 spiro atoms. The third kappa shape index (κ3) is 4.81. The van der Waals surface area contributed by atoms with E-state index < -0.39 is 0 Å². The fourth-order valence-corrected chi connectivity index (χ4v) is 5.12. The Kier molecular flexibility index (Phi) is 7.21. The molecule has 0 bridgehead atoms. The van der Waals surface area contributed by atoms with Gasteiger partial charge in [-0.2, -0.15) is 0 Å². The van der Waals surface area contributed by atoms with Crippen molar-refractivity contribution in [1.29, 1.82) is 0 Å². The highest BCUT2D eigenvalue weighted by Crippen LogP contribution is 2.35. The molecule has 186 valence electrons. The summed E-state index contributed by atoms with van der Waals surface area (Å²) in [6.45, 7) is 4.25. The van der Waals surface area contributed by atoms with Crippen LogP contribution in [0.15, 0.2) is 72.8 Å². The number of rotatable bonds is 10. The van der Waals surface area contributed by atoms with E-state index in [-0.39, 0.29) is 11.8 Å². The smallest absolute Gasteiger partial charge is 0.227 e. The van der Waals surface area contributed by atoms with Gasteiger partial charge >= 0.3 is 0 Å².